The molecule has 0 aromatic heterocycles. The number of nitrogens with one attached hydrogen (secondary N) is 1. The highest BCUT2D eigenvalue weighted by Crippen LogP contribution is 2.60. The maximum atomic E-state index is 4.40. The van der Waals surface area contributed by atoms with E-state index in [9.17, 15) is 0 Å². The molecule has 0 bridgehead atoms. The van der Waals surface area contributed by atoms with Crippen LogP contribution in [0.25, 0.3) is 5.57 Å². The first-order valence-corrected chi connectivity index (χ1v) is 8.18. The van der Waals surface area contributed by atoms with Crippen LogP contribution in [0.3, 0.4) is 0 Å². The largest absolute Gasteiger partial charge is 0.355 e. The Kier molecular flexibility index (Phi) is 3.23. The van der Waals surface area contributed by atoms with Crippen LogP contribution >= 0.6 is 0 Å². The first kappa shape index (κ1) is 14.1. The van der Waals surface area contributed by atoms with Crippen LogP contribution < -0.4 is 5.32 Å². The number of fused-ring (bicyclic) bond motifs is 3. The van der Waals surface area contributed by atoms with Gasteiger partial charge in [0.05, 0.1) is 0 Å². The summed E-state index contributed by atoms with van der Waals surface area (Å²) in [7, 11) is 0. The van der Waals surface area contributed by atoms with E-state index in [1.54, 1.807) is 0 Å². The number of hydrogen-bond donors (Lipinski definition) is 1. The van der Waals surface area contributed by atoms with Crippen LogP contribution in [0.4, 0.5) is 5.69 Å². The molecule has 0 radical (unpaired) electrons. The second-order valence-corrected chi connectivity index (χ2v) is 6.54. The Bertz CT molecular complexity index is 841. The van der Waals surface area contributed by atoms with Crippen molar-refractivity contribution in [3.8, 4) is 0 Å². The normalized spacial score (nSPS) is 23.6. The molecule has 2 unspecified atom stereocenters. The van der Waals surface area contributed by atoms with E-state index in [0.717, 1.165) is 17.0 Å². The lowest BCUT2D eigenvalue weighted by molar-refractivity contribution is 0.934. The predicted molar refractivity (Wildman–Crippen MR) is 98.3 cm³/mol. The lowest BCUT2D eigenvalue weighted by Crippen LogP contribution is -2.10. The van der Waals surface area contributed by atoms with Gasteiger partial charge >= 0.3 is 0 Å². The molecule has 2 aromatic rings. The molecule has 4 rings (SSSR count). The molecule has 0 spiro atoms. The fourth-order valence-corrected chi connectivity index (χ4v) is 3.79. The molecule has 2 aromatic carbocycles. The van der Waals surface area contributed by atoms with Crippen molar-refractivity contribution < 1.29 is 0 Å². The lowest BCUT2D eigenvalue weighted by Gasteiger charge is -2.23. The van der Waals surface area contributed by atoms with E-state index < -0.39 is 0 Å². The molecule has 0 heterocycles. The Morgan fingerprint density at radius 2 is 1.96 bits per heavy atom. The third-order valence-electron chi connectivity index (χ3n) is 4.96. The quantitative estimate of drug-likeness (QED) is 0.769. The Morgan fingerprint density at radius 1 is 1.13 bits per heavy atom. The zero-order valence-electron chi connectivity index (χ0n) is 13.5. The van der Waals surface area contributed by atoms with Crippen LogP contribution in [0.2, 0.25) is 0 Å². The summed E-state index contributed by atoms with van der Waals surface area (Å²) >= 11 is 0. The minimum absolute atomic E-state index is 0.586. The summed E-state index contributed by atoms with van der Waals surface area (Å²) in [5.74, 6) is 1.24. The second-order valence-electron chi connectivity index (χ2n) is 6.54. The summed E-state index contributed by atoms with van der Waals surface area (Å²) < 4.78 is 0. The van der Waals surface area contributed by atoms with Gasteiger partial charge in [-0.1, -0.05) is 49.6 Å². The number of anilines is 1. The Labute approximate surface area is 138 Å². The van der Waals surface area contributed by atoms with Gasteiger partial charge in [-0.15, -0.1) is 0 Å². The molecule has 0 amide bonds. The molecule has 0 saturated heterocycles. The van der Waals surface area contributed by atoms with Crippen molar-refractivity contribution in [2.24, 2.45) is 5.92 Å². The monoisotopic (exact) mass is 299 g/mol. The van der Waals surface area contributed by atoms with Gasteiger partial charge in [-0.05, 0) is 71.2 Å². The van der Waals surface area contributed by atoms with Crippen molar-refractivity contribution in [2.45, 2.75) is 19.3 Å². The van der Waals surface area contributed by atoms with Crippen LogP contribution in [-0.4, -0.2) is 0 Å². The molecular weight excluding hydrogens is 278 g/mol. The maximum absolute atomic E-state index is 4.40. The lowest BCUT2D eigenvalue weighted by atomic mass is 9.83. The minimum Gasteiger partial charge on any atom is -0.355 e. The summed E-state index contributed by atoms with van der Waals surface area (Å²) in [6.45, 7) is 10.5. The van der Waals surface area contributed by atoms with Gasteiger partial charge in [0.15, 0.2) is 0 Å². The standard InChI is InChI=1S/C22H21N/c1-4-21(23-16-9-7-8-14(2)12-16)22-15(3)17-10-5-6-11-18(17)19-13-20(19)22/h4-12,19-20,23H,1,3,13H2,2H3/b22-21-. The number of hydrogen-bond acceptors (Lipinski definition) is 1. The molecule has 0 aliphatic heterocycles. The fraction of sp³-hybridized carbons (Fsp3) is 0.182. The van der Waals surface area contributed by atoms with Gasteiger partial charge in [0.1, 0.15) is 0 Å². The topological polar surface area (TPSA) is 12.0 Å². The smallest absolute Gasteiger partial charge is 0.0419 e. The maximum Gasteiger partial charge on any atom is 0.0419 e. The highest BCUT2D eigenvalue weighted by Gasteiger charge is 2.47. The van der Waals surface area contributed by atoms with Crippen LogP contribution in [0.1, 0.15) is 29.0 Å². The van der Waals surface area contributed by atoms with E-state index in [0.29, 0.717) is 11.8 Å². The van der Waals surface area contributed by atoms with Gasteiger partial charge in [0.2, 0.25) is 0 Å². The predicted octanol–water partition coefficient (Wildman–Crippen LogP) is 5.68. The summed E-state index contributed by atoms with van der Waals surface area (Å²) in [4.78, 5) is 0. The Balaban J connectivity index is 1.77. The van der Waals surface area contributed by atoms with Crippen molar-refractivity contribution in [2.75, 3.05) is 5.32 Å². The van der Waals surface area contributed by atoms with Gasteiger partial charge in [-0.3, -0.25) is 0 Å². The molecule has 1 saturated carbocycles. The second kappa shape index (κ2) is 5.27. The van der Waals surface area contributed by atoms with Gasteiger partial charge in [-0.2, -0.15) is 0 Å². The van der Waals surface area contributed by atoms with Gasteiger partial charge < -0.3 is 5.32 Å². The van der Waals surface area contributed by atoms with Crippen LogP contribution in [-0.2, 0) is 0 Å². The molecule has 2 aliphatic rings. The summed E-state index contributed by atoms with van der Waals surface area (Å²) in [6, 6.07) is 17.1. The van der Waals surface area contributed by atoms with E-state index in [1.807, 2.05) is 6.08 Å². The third-order valence-corrected chi connectivity index (χ3v) is 4.96. The Morgan fingerprint density at radius 3 is 2.74 bits per heavy atom. The van der Waals surface area contributed by atoms with E-state index in [2.05, 4.69) is 73.9 Å². The molecule has 23 heavy (non-hydrogen) atoms. The van der Waals surface area contributed by atoms with Gasteiger partial charge in [-0.25, -0.2) is 0 Å². The van der Waals surface area contributed by atoms with Gasteiger partial charge in [0, 0.05) is 11.4 Å². The molecule has 2 aliphatic carbocycles. The van der Waals surface area contributed by atoms with Crippen LogP contribution in [0, 0.1) is 12.8 Å². The Hall–Kier alpha value is -2.54. The zero-order chi connectivity index (χ0) is 16.0. The average Bonchev–Trinajstić information content (AvgIpc) is 3.34. The van der Waals surface area contributed by atoms with Crippen LogP contribution in [0.15, 0.2) is 79.0 Å². The van der Waals surface area contributed by atoms with E-state index in [4.69, 9.17) is 0 Å². The number of benzene rings is 2. The first-order chi connectivity index (χ1) is 11.2. The summed E-state index contributed by atoms with van der Waals surface area (Å²) in [5.41, 5.74) is 8.70. The van der Waals surface area contributed by atoms with E-state index in [1.165, 1.54) is 28.7 Å². The molecule has 1 heteroatoms. The minimum atomic E-state index is 0.586. The van der Waals surface area contributed by atoms with E-state index in [-0.39, 0.29) is 0 Å². The molecule has 2 atom stereocenters. The van der Waals surface area contributed by atoms with Crippen molar-refractivity contribution in [1.82, 2.24) is 0 Å². The highest BCUT2D eigenvalue weighted by molar-refractivity contribution is 5.86. The third kappa shape index (κ3) is 2.33. The van der Waals surface area contributed by atoms with Crippen molar-refractivity contribution >= 4 is 11.3 Å². The van der Waals surface area contributed by atoms with Crippen molar-refractivity contribution in [1.29, 1.82) is 0 Å². The molecule has 1 nitrogen and oxygen atoms in total. The number of rotatable bonds is 3. The van der Waals surface area contributed by atoms with Gasteiger partial charge in [0.25, 0.3) is 0 Å². The van der Waals surface area contributed by atoms with E-state index >= 15 is 0 Å². The molecule has 1 N–H and O–H groups in total. The number of aryl methyl sites for hydroxylation is 1. The molecule has 114 valence electrons. The molecule has 1 fully saturated rings. The van der Waals surface area contributed by atoms with Crippen molar-refractivity contribution in [3.05, 3.63) is 95.7 Å². The first-order valence-electron chi connectivity index (χ1n) is 8.18. The highest BCUT2D eigenvalue weighted by atomic mass is 14.9. The van der Waals surface area contributed by atoms with Crippen LogP contribution in [0.5, 0.6) is 0 Å². The fourth-order valence-electron chi connectivity index (χ4n) is 3.79. The number of allylic oxidation sites excluding steroid dienone is 3. The molecular formula is C22H21N. The van der Waals surface area contributed by atoms with Crippen molar-refractivity contribution in [3.63, 3.8) is 0 Å². The zero-order valence-corrected chi connectivity index (χ0v) is 13.5. The average molecular weight is 299 g/mol. The summed E-state index contributed by atoms with van der Waals surface area (Å²) in [6.07, 6.45) is 3.16. The SMILES string of the molecule is C=C/C(Nc1cccc(C)c1)=C1\C(=C)c2ccccc2C2CC12. The summed E-state index contributed by atoms with van der Waals surface area (Å²) in [5, 5.41) is 3.56.